The SMILES string of the molecule is COc1ccc(CN(C(=O)COc2ccc(S(=O)(=O)N3CCOCC3)cc2)[C@@H](C)C(=O)NC[C@H]2CCCO2)cc1. The van der Waals surface area contributed by atoms with Gasteiger partial charge in [0.25, 0.3) is 5.91 Å². The molecule has 2 aliphatic rings. The van der Waals surface area contributed by atoms with Crippen LogP contribution in [0.1, 0.15) is 25.3 Å². The molecule has 0 bridgehead atoms. The number of ether oxygens (including phenoxy) is 4. The van der Waals surface area contributed by atoms with E-state index in [1.54, 1.807) is 26.2 Å². The lowest BCUT2D eigenvalue weighted by Gasteiger charge is -2.29. The lowest BCUT2D eigenvalue weighted by molar-refractivity contribution is -0.142. The second-order valence-corrected chi connectivity index (χ2v) is 11.6. The van der Waals surface area contributed by atoms with Crippen molar-refractivity contribution in [3.05, 3.63) is 54.1 Å². The molecule has 4 rings (SSSR count). The Balaban J connectivity index is 1.40. The highest BCUT2D eigenvalue weighted by atomic mass is 32.2. The van der Waals surface area contributed by atoms with Crippen LogP contribution in [0, 0.1) is 0 Å². The van der Waals surface area contributed by atoms with Crippen molar-refractivity contribution in [1.29, 1.82) is 0 Å². The third kappa shape index (κ3) is 7.72. The summed E-state index contributed by atoms with van der Waals surface area (Å²) in [5.41, 5.74) is 0.825. The van der Waals surface area contributed by atoms with Gasteiger partial charge in [0.2, 0.25) is 15.9 Å². The normalized spacial score (nSPS) is 18.6. The first-order chi connectivity index (χ1) is 19.3. The summed E-state index contributed by atoms with van der Waals surface area (Å²) >= 11 is 0. The molecular weight excluding hydrogens is 538 g/mol. The molecule has 11 nitrogen and oxygen atoms in total. The standard InChI is InChI=1S/C28H37N3O8S/c1-21(28(33)29-18-25-4-3-15-38-25)31(19-22-5-7-23(36-2)8-6-22)27(32)20-39-24-9-11-26(12-10-24)40(34,35)30-13-16-37-17-14-30/h5-12,21,25H,3-4,13-20H2,1-2H3,(H,29,33)/t21-,25+/m0/s1. The summed E-state index contributed by atoms with van der Waals surface area (Å²) in [6.07, 6.45) is 1.85. The number of nitrogens with one attached hydrogen (secondary N) is 1. The molecule has 2 aliphatic heterocycles. The fourth-order valence-corrected chi connectivity index (χ4v) is 5.96. The number of carbonyl (C=O) groups is 2. The van der Waals surface area contributed by atoms with E-state index in [2.05, 4.69) is 5.32 Å². The first kappa shape index (κ1) is 29.8. The van der Waals surface area contributed by atoms with Crippen LogP contribution in [0.4, 0.5) is 0 Å². The van der Waals surface area contributed by atoms with Crippen molar-refractivity contribution in [3.8, 4) is 11.5 Å². The zero-order chi connectivity index (χ0) is 28.5. The van der Waals surface area contributed by atoms with E-state index < -0.39 is 16.1 Å². The smallest absolute Gasteiger partial charge is 0.261 e. The minimum absolute atomic E-state index is 0.0137. The van der Waals surface area contributed by atoms with E-state index in [0.29, 0.717) is 51.0 Å². The zero-order valence-electron chi connectivity index (χ0n) is 22.9. The second kappa shape index (κ2) is 13.9. The number of hydrogen-bond donors (Lipinski definition) is 1. The molecule has 2 aromatic rings. The number of hydrogen-bond acceptors (Lipinski definition) is 8. The molecule has 0 spiro atoms. The lowest BCUT2D eigenvalue weighted by Crippen LogP contribution is -2.50. The van der Waals surface area contributed by atoms with E-state index in [1.165, 1.54) is 33.5 Å². The molecule has 0 radical (unpaired) electrons. The van der Waals surface area contributed by atoms with Gasteiger partial charge in [0.15, 0.2) is 6.61 Å². The van der Waals surface area contributed by atoms with Gasteiger partial charge in [-0.05, 0) is 61.7 Å². The Morgan fingerprint density at radius 2 is 1.73 bits per heavy atom. The zero-order valence-corrected chi connectivity index (χ0v) is 23.7. The van der Waals surface area contributed by atoms with Crippen LogP contribution in [0.5, 0.6) is 11.5 Å². The Morgan fingerprint density at radius 3 is 2.35 bits per heavy atom. The van der Waals surface area contributed by atoms with Gasteiger partial charge in [-0.2, -0.15) is 4.31 Å². The monoisotopic (exact) mass is 575 g/mol. The van der Waals surface area contributed by atoms with Crippen molar-refractivity contribution in [2.75, 3.05) is 53.2 Å². The van der Waals surface area contributed by atoms with Crippen molar-refractivity contribution in [2.24, 2.45) is 0 Å². The van der Waals surface area contributed by atoms with Crippen LogP contribution in [0.2, 0.25) is 0 Å². The quantitative estimate of drug-likeness (QED) is 0.407. The number of methoxy groups -OCH3 is 1. The topological polar surface area (TPSA) is 124 Å². The van der Waals surface area contributed by atoms with Gasteiger partial charge in [0.05, 0.1) is 31.3 Å². The summed E-state index contributed by atoms with van der Waals surface area (Å²) in [5.74, 6) is 0.358. The highest BCUT2D eigenvalue weighted by molar-refractivity contribution is 7.89. The molecule has 2 heterocycles. The Morgan fingerprint density at radius 1 is 1.05 bits per heavy atom. The fraction of sp³-hybridized carbons (Fsp3) is 0.500. The molecule has 40 heavy (non-hydrogen) atoms. The van der Waals surface area contributed by atoms with E-state index in [-0.39, 0.29) is 36.0 Å². The molecule has 0 saturated carbocycles. The minimum Gasteiger partial charge on any atom is -0.497 e. The van der Waals surface area contributed by atoms with Gasteiger partial charge in [0.1, 0.15) is 17.5 Å². The van der Waals surface area contributed by atoms with Crippen LogP contribution in [0.15, 0.2) is 53.4 Å². The van der Waals surface area contributed by atoms with Crippen LogP contribution in [-0.4, -0.2) is 94.8 Å². The van der Waals surface area contributed by atoms with Gasteiger partial charge in [-0.3, -0.25) is 9.59 Å². The lowest BCUT2D eigenvalue weighted by atomic mass is 10.1. The van der Waals surface area contributed by atoms with E-state index in [4.69, 9.17) is 18.9 Å². The van der Waals surface area contributed by atoms with Crippen molar-refractivity contribution in [3.63, 3.8) is 0 Å². The van der Waals surface area contributed by atoms with E-state index in [0.717, 1.165) is 18.4 Å². The molecule has 2 aromatic carbocycles. The third-order valence-corrected chi connectivity index (χ3v) is 8.91. The molecule has 2 amide bonds. The van der Waals surface area contributed by atoms with Gasteiger partial charge in [-0.15, -0.1) is 0 Å². The maximum atomic E-state index is 13.3. The van der Waals surface area contributed by atoms with E-state index in [1.807, 2.05) is 12.1 Å². The van der Waals surface area contributed by atoms with Crippen LogP contribution in [0.25, 0.3) is 0 Å². The molecule has 2 saturated heterocycles. The second-order valence-electron chi connectivity index (χ2n) is 9.70. The Labute approximate surface area is 235 Å². The first-order valence-corrected chi connectivity index (χ1v) is 14.8. The van der Waals surface area contributed by atoms with Crippen LogP contribution in [0.3, 0.4) is 0 Å². The highest BCUT2D eigenvalue weighted by Crippen LogP contribution is 2.21. The average molecular weight is 576 g/mol. The van der Waals surface area contributed by atoms with Gasteiger partial charge in [-0.1, -0.05) is 12.1 Å². The van der Waals surface area contributed by atoms with Gasteiger partial charge in [-0.25, -0.2) is 8.42 Å². The van der Waals surface area contributed by atoms with Crippen LogP contribution >= 0.6 is 0 Å². The van der Waals surface area contributed by atoms with Crippen molar-refractivity contribution in [2.45, 2.75) is 43.4 Å². The number of sulfonamides is 1. The number of carbonyl (C=O) groups excluding carboxylic acids is 2. The Bertz CT molecular complexity index is 1230. The number of benzene rings is 2. The van der Waals surface area contributed by atoms with Gasteiger partial charge < -0.3 is 29.2 Å². The predicted molar refractivity (Wildman–Crippen MR) is 147 cm³/mol. The summed E-state index contributed by atoms with van der Waals surface area (Å²) in [6.45, 7) is 3.96. The molecule has 0 unspecified atom stereocenters. The number of amides is 2. The maximum absolute atomic E-state index is 13.3. The summed E-state index contributed by atoms with van der Waals surface area (Å²) in [7, 11) is -2.06. The molecule has 218 valence electrons. The Kier molecular flexibility index (Phi) is 10.4. The minimum atomic E-state index is -3.64. The van der Waals surface area contributed by atoms with E-state index >= 15 is 0 Å². The van der Waals surface area contributed by atoms with Crippen molar-refractivity contribution >= 4 is 21.8 Å². The fourth-order valence-electron chi connectivity index (χ4n) is 4.55. The van der Waals surface area contributed by atoms with Crippen LogP contribution < -0.4 is 14.8 Å². The molecule has 2 atom stereocenters. The third-order valence-electron chi connectivity index (χ3n) is 7.00. The molecule has 0 aliphatic carbocycles. The van der Waals surface area contributed by atoms with Gasteiger partial charge in [0, 0.05) is 32.8 Å². The van der Waals surface area contributed by atoms with Gasteiger partial charge >= 0.3 is 0 Å². The predicted octanol–water partition coefficient (Wildman–Crippen LogP) is 1.81. The summed E-state index contributed by atoms with van der Waals surface area (Å²) in [5, 5.41) is 2.90. The molecular formula is C28H37N3O8S. The Hall–Kier alpha value is -3.19. The molecule has 0 aromatic heterocycles. The highest BCUT2D eigenvalue weighted by Gasteiger charge is 2.28. The molecule has 2 fully saturated rings. The number of morpholine rings is 1. The average Bonchev–Trinajstić information content (AvgIpc) is 3.52. The molecule has 1 N–H and O–H groups in total. The largest absolute Gasteiger partial charge is 0.497 e. The van der Waals surface area contributed by atoms with Crippen molar-refractivity contribution < 1.29 is 37.0 Å². The molecule has 12 heteroatoms. The van der Waals surface area contributed by atoms with Crippen LogP contribution in [-0.2, 0) is 35.6 Å². The number of rotatable bonds is 12. The van der Waals surface area contributed by atoms with Crippen molar-refractivity contribution in [1.82, 2.24) is 14.5 Å². The summed E-state index contributed by atoms with van der Waals surface area (Å²) in [4.78, 5) is 27.9. The first-order valence-electron chi connectivity index (χ1n) is 13.4. The summed E-state index contributed by atoms with van der Waals surface area (Å²) < 4.78 is 48.9. The summed E-state index contributed by atoms with van der Waals surface area (Å²) in [6, 6.07) is 12.5. The number of nitrogens with zero attached hydrogens (tertiary/aromatic N) is 2. The maximum Gasteiger partial charge on any atom is 0.261 e. The van der Waals surface area contributed by atoms with E-state index in [9.17, 15) is 18.0 Å².